The Morgan fingerprint density at radius 1 is 1.26 bits per heavy atom. The minimum absolute atomic E-state index is 0.193. The largest absolute Gasteiger partial charge is 0.462 e. The molecule has 4 heterocycles. The molecule has 1 N–H and O–H groups in total. The van der Waals surface area contributed by atoms with Gasteiger partial charge in [-0.1, -0.05) is 40.8 Å². The third-order valence-corrected chi connectivity index (χ3v) is 9.32. The van der Waals surface area contributed by atoms with Crippen LogP contribution < -0.4 is 10.3 Å². The minimum Gasteiger partial charge on any atom is -0.462 e. The Morgan fingerprint density at radius 2 is 1.97 bits per heavy atom. The summed E-state index contributed by atoms with van der Waals surface area (Å²) in [6.45, 7) is 13.9. The summed E-state index contributed by atoms with van der Waals surface area (Å²) in [7, 11) is -1.67. The molecule has 2 atom stereocenters. The maximum atomic E-state index is 14.2. The van der Waals surface area contributed by atoms with Gasteiger partial charge in [0.2, 0.25) is 0 Å². The molecule has 0 fully saturated rings. The van der Waals surface area contributed by atoms with Crippen LogP contribution >= 0.6 is 0 Å². The highest BCUT2D eigenvalue weighted by Gasteiger charge is 2.44. The molecular formula is C29H34N2O6Si. The van der Waals surface area contributed by atoms with Crippen LogP contribution in [-0.4, -0.2) is 35.4 Å². The first-order chi connectivity index (χ1) is 17.7. The molecule has 0 saturated carbocycles. The first-order valence-electron chi connectivity index (χ1n) is 13.1. The maximum absolute atomic E-state index is 14.2. The zero-order valence-electron chi connectivity index (χ0n) is 23.0. The van der Waals surface area contributed by atoms with E-state index in [4.69, 9.17) is 14.5 Å². The average Bonchev–Trinajstić information content (AvgIpc) is 3.12. The normalized spacial score (nSPS) is 20.6. The predicted octanol–water partition coefficient (Wildman–Crippen LogP) is 4.26. The average molecular weight is 535 g/mol. The number of hydrogen-bond acceptors (Lipinski definition) is 7. The third kappa shape index (κ3) is 4.08. The summed E-state index contributed by atoms with van der Waals surface area (Å²) >= 11 is 0. The Morgan fingerprint density at radius 3 is 2.58 bits per heavy atom. The summed E-state index contributed by atoms with van der Waals surface area (Å²) in [5.74, 6) is -0.441. The van der Waals surface area contributed by atoms with Gasteiger partial charge in [0.05, 0.1) is 44.2 Å². The number of esters is 2. The molecule has 9 heteroatoms. The van der Waals surface area contributed by atoms with Crippen molar-refractivity contribution in [2.24, 2.45) is 0 Å². The van der Waals surface area contributed by atoms with Crippen molar-refractivity contribution in [3.05, 3.63) is 56.9 Å². The van der Waals surface area contributed by atoms with Gasteiger partial charge < -0.3 is 19.1 Å². The highest BCUT2D eigenvalue weighted by atomic mass is 28.3. The van der Waals surface area contributed by atoms with Crippen LogP contribution in [0.4, 0.5) is 0 Å². The second kappa shape index (κ2) is 8.88. The van der Waals surface area contributed by atoms with Gasteiger partial charge in [0, 0.05) is 17.9 Å². The topological polar surface area (TPSA) is 108 Å². The number of aromatic nitrogens is 2. The molecule has 2 aliphatic rings. The van der Waals surface area contributed by atoms with Crippen LogP contribution in [-0.2, 0) is 31.9 Å². The standard InChI is InChI=1S/C29H34N2O6Si/c1-8-29(35)13-22(33)37-27(38(6)7)23-19(29)12-21-25-18(14-31(21)26(23)34)24(28(3,4)5)17-11-16(36-15(2)32)9-10-20(17)30-25/h9-12,27,35,38H,8,13-14H2,1-7H3. The van der Waals surface area contributed by atoms with E-state index in [1.807, 2.05) is 38.2 Å². The highest BCUT2D eigenvalue weighted by molar-refractivity contribution is 6.57. The Hall–Kier alpha value is -3.30. The second-order valence-corrected chi connectivity index (χ2v) is 14.9. The van der Waals surface area contributed by atoms with Gasteiger partial charge in [-0.3, -0.25) is 14.4 Å². The molecule has 1 aromatic carbocycles. The lowest BCUT2D eigenvalue weighted by Crippen LogP contribution is -2.35. The molecular weight excluding hydrogens is 500 g/mol. The first kappa shape index (κ1) is 26.3. The van der Waals surface area contributed by atoms with Crippen LogP contribution in [0.3, 0.4) is 0 Å². The van der Waals surface area contributed by atoms with Crippen molar-refractivity contribution >= 4 is 31.6 Å². The molecule has 0 aliphatic carbocycles. The fourth-order valence-corrected chi connectivity index (χ4v) is 7.34. The fraction of sp³-hybridized carbons (Fsp3) is 0.448. The Bertz CT molecular complexity index is 1570. The van der Waals surface area contributed by atoms with Crippen LogP contribution in [0.15, 0.2) is 29.1 Å². The highest BCUT2D eigenvalue weighted by Crippen LogP contribution is 2.45. The number of cyclic esters (lactones) is 1. The molecule has 0 spiro atoms. The summed E-state index contributed by atoms with van der Waals surface area (Å²) in [5, 5.41) is 12.5. The van der Waals surface area contributed by atoms with E-state index in [-0.39, 0.29) is 23.8 Å². The molecule has 5 rings (SSSR count). The zero-order chi connectivity index (χ0) is 27.7. The van der Waals surface area contributed by atoms with Crippen molar-refractivity contribution in [2.45, 2.75) is 83.8 Å². The van der Waals surface area contributed by atoms with Crippen molar-refractivity contribution in [3.63, 3.8) is 0 Å². The lowest BCUT2D eigenvalue weighted by molar-refractivity contribution is -0.150. The fourth-order valence-electron chi connectivity index (χ4n) is 5.93. The quantitative estimate of drug-likeness (QED) is 0.238. The van der Waals surface area contributed by atoms with E-state index in [1.165, 1.54) is 6.92 Å². The van der Waals surface area contributed by atoms with Crippen molar-refractivity contribution < 1.29 is 24.2 Å². The Kier molecular flexibility index (Phi) is 6.15. The Labute approximate surface area is 223 Å². The molecule has 2 unspecified atom stereocenters. The van der Waals surface area contributed by atoms with E-state index in [1.54, 1.807) is 10.6 Å². The van der Waals surface area contributed by atoms with Gasteiger partial charge in [0.25, 0.3) is 5.56 Å². The van der Waals surface area contributed by atoms with Crippen molar-refractivity contribution in [1.82, 2.24) is 9.55 Å². The predicted molar refractivity (Wildman–Crippen MR) is 147 cm³/mol. The van der Waals surface area contributed by atoms with Crippen LogP contribution in [0.2, 0.25) is 13.1 Å². The van der Waals surface area contributed by atoms with Gasteiger partial charge in [0.15, 0.2) is 0 Å². The molecule has 2 aliphatic heterocycles. The van der Waals surface area contributed by atoms with Crippen LogP contribution in [0.1, 0.15) is 75.4 Å². The third-order valence-electron chi connectivity index (χ3n) is 7.64. The molecule has 2 aromatic heterocycles. The van der Waals surface area contributed by atoms with Gasteiger partial charge in [-0.2, -0.15) is 0 Å². The second-order valence-electron chi connectivity index (χ2n) is 11.8. The maximum Gasteiger partial charge on any atom is 0.309 e. The van der Waals surface area contributed by atoms with Gasteiger partial charge in [-0.15, -0.1) is 0 Å². The van der Waals surface area contributed by atoms with E-state index < -0.39 is 32.1 Å². The summed E-state index contributed by atoms with van der Waals surface area (Å²) in [6.07, 6.45) is 0.0791. The van der Waals surface area contributed by atoms with Gasteiger partial charge in [-0.05, 0) is 47.2 Å². The minimum atomic E-state index is -1.67. The number of carbonyl (C=O) groups excluding carboxylic acids is 2. The van der Waals surface area contributed by atoms with Crippen molar-refractivity contribution in [2.75, 3.05) is 0 Å². The molecule has 200 valence electrons. The van der Waals surface area contributed by atoms with E-state index >= 15 is 0 Å². The van der Waals surface area contributed by atoms with Gasteiger partial charge >= 0.3 is 11.9 Å². The molecule has 0 saturated heterocycles. The van der Waals surface area contributed by atoms with Crippen LogP contribution in [0, 0.1) is 0 Å². The number of fused-ring (bicyclic) bond motifs is 5. The molecule has 38 heavy (non-hydrogen) atoms. The number of ether oxygens (including phenoxy) is 2. The van der Waals surface area contributed by atoms with Crippen molar-refractivity contribution in [3.8, 4) is 17.1 Å². The zero-order valence-corrected chi connectivity index (χ0v) is 24.1. The van der Waals surface area contributed by atoms with Gasteiger partial charge in [-0.25, -0.2) is 4.98 Å². The molecule has 0 bridgehead atoms. The lowest BCUT2D eigenvalue weighted by Gasteiger charge is -2.27. The number of aliphatic hydroxyl groups is 1. The summed E-state index contributed by atoms with van der Waals surface area (Å²) < 4.78 is 12.9. The Balaban J connectivity index is 1.83. The lowest BCUT2D eigenvalue weighted by atomic mass is 9.81. The van der Waals surface area contributed by atoms with E-state index in [2.05, 4.69) is 20.8 Å². The number of carbonyl (C=O) groups is 2. The summed E-state index contributed by atoms with van der Waals surface area (Å²) in [4.78, 5) is 43.4. The number of rotatable bonds is 3. The van der Waals surface area contributed by atoms with E-state index in [9.17, 15) is 19.5 Å². The monoisotopic (exact) mass is 534 g/mol. The van der Waals surface area contributed by atoms with Gasteiger partial charge in [0.1, 0.15) is 17.1 Å². The number of benzene rings is 1. The molecule has 8 nitrogen and oxygen atoms in total. The molecule has 0 radical (unpaired) electrons. The van der Waals surface area contributed by atoms with E-state index in [0.29, 0.717) is 34.8 Å². The van der Waals surface area contributed by atoms with Crippen LogP contribution in [0.25, 0.3) is 22.3 Å². The SMILES string of the molecule is CCC1(O)CC(=O)OC([SiH](C)C)c2c1cc1n(c2=O)Cc2c-1nc1ccc(OC(C)=O)cc1c2C(C)(C)C. The first-order valence-corrected chi connectivity index (χ1v) is 16.1. The summed E-state index contributed by atoms with van der Waals surface area (Å²) in [5.41, 5.74) is 2.21. The molecule has 3 aromatic rings. The summed E-state index contributed by atoms with van der Waals surface area (Å²) in [6, 6.07) is 7.23. The van der Waals surface area contributed by atoms with E-state index in [0.717, 1.165) is 22.0 Å². The van der Waals surface area contributed by atoms with Crippen LogP contribution in [0.5, 0.6) is 5.75 Å². The number of nitrogens with zero attached hydrogens (tertiary/aromatic N) is 2. The number of pyridine rings is 2. The number of hydrogen-bond donors (Lipinski definition) is 1. The molecule has 0 amide bonds. The van der Waals surface area contributed by atoms with Crippen molar-refractivity contribution in [1.29, 1.82) is 0 Å². The smallest absolute Gasteiger partial charge is 0.309 e.